The van der Waals surface area contributed by atoms with E-state index in [4.69, 9.17) is 0 Å². The van der Waals surface area contributed by atoms with Crippen molar-refractivity contribution in [1.82, 2.24) is 4.90 Å². The first-order valence-electron chi connectivity index (χ1n) is 10.1. The molecule has 5 heteroatoms. The van der Waals surface area contributed by atoms with Crippen molar-refractivity contribution in [2.24, 2.45) is 0 Å². The summed E-state index contributed by atoms with van der Waals surface area (Å²) in [4.78, 5) is 17.2. The number of hydrogen-bond donors (Lipinski definition) is 2. The maximum Gasteiger partial charge on any atom is 0.257 e. The fourth-order valence-electron chi connectivity index (χ4n) is 3.89. The molecule has 2 aromatic rings. The Morgan fingerprint density at radius 1 is 1.07 bits per heavy atom. The van der Waals surface area contributed by atoms with Crippen LogP contribution in [0.5, 0.6) is 0 Å². The lowest BCUT2D eigenvalue weighted by Gasteiger charge is -2.39. The average Bonchev–Trinajstić information content (AvgIpc) is 3.07. The molecular formula is C23H28N4O. The molecule has 1 fully saturated rings. The fourth-order valence-corrected chi connectivity index (χ4v) is 3.89. The van der Waals surface area contributed by atoms with Crippen molar-refractivity contribution in [3.8, 4) is 0 Å². The lowest BCUT2D eigenvalue weighted by Crippen LogP contribution is -2.49. The van der Waals surface area contributed by atoms with Crippen molar-refractivity contribution < 1.29 is 4.79 Å². The molecule has 1 amide bonds. The van der Waals surface area contributed by atoms with E-state index < -0.39 is 0 Å². The summed E-state index contributed by atoms with van der Waals surface area (Å²) in [5, 5.41) is 6.16. The molecule has 0 saturated carbocycles. The van der Waals surface area contributed by atoms with Crippen LogP contribution in [0, 0.1) is 0 Å². The third-order valence-corrected chi connectivity index (χ3v) is 5.85. The Morgan fingerprint density at radius 2 is 1.79 bits per heavy atom. The molecule has 0 aliphatic carbocycles. The van der Waals surface area contributed by atoms with Crippen LogP contribution in [0.4, 0.5) is 17.1 Å². The molecule has 2 heterocycles. The molecule has 146 valence electrons. The van der Waals surface area contributed by atoms with Crippen LogP contribution in [-0.2, 0) is 4.79 Å². The summed E-state index contributed by atoms with van der Waals surface area (Å²) in [7, 11) is 0. The monoisotopic (exact) mass is 376 g/mol. The zero-order valence-electron chi connectivity index (χ0n) is 16.6. The zero-order valence-corrected chi connectivity index (χ0v) is 16.6. The van der Waals surface area contributed by atoms with Crippen molar-refractivity contribution >= 4 is 28.5 Å². The van der Waals surface area contributed by atoms with E-state index in [0.717, 1.165) is 43.1 Å². The number of hydrogen-bond acceptors (Lipinski definition) is 4. The number of amides is 1. The molecule has 28 heavy (non-hydrogen) atoms. The van der Waals surface area contributed by atoms with Gasteiger partial charge in [0.05, 0.1) is 5.57 Å². The largest absolute Gasteiger partial charge is 0.369 e. The van der Waals surface area contributed by atoms with Crippen LogP contribution in [0.25, 0.3) is 5.57 Å². The van der Waals surface area contributed by atoms with Crippen molar-refractivity contribution in [3.63, 3.8) is 0 Å². The van der Waals surface area contributed by atoms with Crippen LogP contribution in [-0.4, -0.2) is 43.0 Å². The smallest absolute Gasteiger partial charge is 0.257 e. The lowest BCUT2D eigenvalue weighted by atomic mass is 10.1. The van der Waals surface area contributed by atoms with Gasteiger partial charge in [-0.05, 0) is 43.7 Å². The summed E-state index contributed by atoms with van der Waals surface area (Å²) in [5.74, 6) is -0.0653. The Morgan fingerprint density at radius 3 is 2.50 bits per heavy atom. The standard InChI is InChI=1S/C23H28N4O/c1-3-17(2)26-12-14-27(15-13-26)19-10-8-18(9-11-19)24-16-21-20-6-4-5-7-22(20)25-23(21)28/h4-11,16-17,24H,3,12-15H2,1-2H3,(H,25,28). The van der Waals surface area contributed by atoms with Crippen LogP contribution >= 0.6 is 0 Å². The minimum Gasteiger partial charge on any atom is -0.369 e. The van der Waals surface area contributed by atoms with Crippen LogP contribution in [0.2, 0.25) is 0 Å². The van der Waals surface area contributed by atoms with Gasteiger partial charge in [0.2, 0.25) is 0 Å². The molecule has 0 aromatic heterocycles. The first-order chi connectivity index (χ1) is 13.7. The Labute approximate surface area is 167 Å². The first-order valence-corrected chi connectivity index (χ1v) is 10.1. The molecule has 5 nitrogen and oxygen atoms in total. The van der Waals surface area contributed by atoms with Gasteiger partial charge in [-0.1, -0.05) is 25.1 Å². The Kier molecular flexibility index (Phi) is 5.35. The number of para-hydroxylation sites is 1. The van der Waals surface area contributed by atoms with E-state index in [0.29, 0.717) is 11.6 Å². The van der Waals surface area contributed by atoms with Crippen molar-refractivity contribution in [2.75, 3.05) is 41.7 Å². The second kappa shape index (κ2) is 8.07. The minimum absolute atomic E-state index is 0.0653. The quantitative estimate of drug-likeness (QED) is 0.774. The van der Waals surface area contributed by atoms with E-state index in [1.54, 1.807) is 6.20 Å². The Hall–Kier alpha value is -2.79. The number of carbonyl (C=O) groups excluding carboxylic acids is 1. The number of benzene rings is 2. The molecule has 1 unspecified atom stereocenters. The third-order valence-electron chi connectivity index (χ3n) is 5.85. The van der Waals surface area contributed by atoms with E-state index in [-0.39, 0.29) is 5.91 Å². The highest BCUT2D eigenvalue weighted by Gasteiger charge is 2.23. The number of rotatable bonds is 5. The molecule has 1 atom stereocenters. The molecule has 2 aliphatic heterocycles. The first kappa shape index (κ1) is 18.6. The van der Waals surface area contributed by atoms with Gasteiger partial charge in [0.1, 0.15) is 0 Å². The second-order valence-corrected chi connectivity index (χ2v) is 7.53. The average molecular weight is 377 g/mol. The Balaban J connectivity index is 1.39. The van der Waals surface area contributed by atoms with Gasteiger partial charge in [-0.3, -0.25) is 9.69 Å². The summed E-state index contributed by atoms with van der Waals surface area (Å²) in [6.45, 7) is 8.95. The lowest BCUT2D eigenvalue weighted by molar-refractivity contribution is -0.110. The Bertz CT molecular complexity index is 866. The van der Waals surface area contributed by atoms with Crippen LogP contribution in [0.15, 0.2) is 54.7 Å². The maximum atomic E-state index is 12.2. The van der Waals surface area contributed by atoms with Crippen molar-refractivity contribution in [2.45, 2.75) is 26.3 Å². The van der Waals surface area contributed by atoms with Gasteiger partial charge in [0, 0.05) is 61.0 Å². The van der Waals surface area contributed by atoms with Gasteiger partial charge < -0.3 is 15.5 Å². The molecule has 2 aliphatic rings. The number of nitrogens with one attached hydrogen (secondary N) is 2. The van der Waals surface area contributed by atoms with Gasteiger partial charge in [-0.25, -0.2) is 0 Å². The van der Waals surface area contributed by atoms with Crippen LogP contribution in [0.3, 0.4) is 0 Å². The molecular weight excluding hydrogens is 348 g/mol. The predicted octanol–water partition coefficient (Wildman–Crippen LogP) is 4.01. The SMILES string of the molecule is CCC(C)N1CCN(c2ccc(NC=C3C(=O)Nc4ccccc43)cc2)CC1. The topological polar surface area (TPSA) is 47.6 Å². The number of nitrogens with zero attached hydrogens (tertiary/aromatic N) is 2. The number of piperazine rings is 1. The molecule has 0 spiro atoms. The van der Waals surface area contributed by atoms with E-state index in [1.165, 1.54) is 12.1 Å². The molecule has 4 rings (SSSR count). The number of fused-ring (bicyclic) bond motifs is 1. The van der Waals surface area contributed by atoms with E-state index in [1.807, 2.05) is 24.3 Å². The van der Waals surface area contributed by atoms with E-state index in [2.05, 4.69) is 58.5 Å². The summed E-state index contributed by atoms with van der Waals surface area (Å²) in [5.41, 5.74) is 4.71. The third kappa shape index (κ3) is 3.76. The normalized spacial score (nSPS) is 19.4. The molecule has 2 aromatic carbocycles. The number of anilines is 3. The van der Waals surface area contributed by atoms with Gasteiger partial charge in [0.15, 0.2) is 0 Å². The fraction of sp³-hybridized carbons (Fsp3) is 0.348. The highest BCUT2D eigenvalue weighted by molar-refractivity contribution is 6.31. The van der Waals surface area contributed by atoms with Crippen LogP contribution in [0.1, 0.15) is 25.8 Å². The van der Waals surface area contributed by atoms with Gasteiger partial charge in [-0.15, -0.1) is 0 Å². The number of carbonyl (C=O) groups is 1. The van der Waals surface area contributed by atoms with Gasteiger partial charge in [0.25, 0.3) is 5.91 Å². The van der Waals surface area contributed by atoms with Crippen LogP contribution < -0.4 is 15.5 Å². The van der Waals surface area contributed by atoms with Crippen molar-refractivity contribution in [3.05, 3.63) is 60.3 Å². The van der Waals surface area contributed by atoms with Gasteiger partial charge >= 0.3 is 0 Å². The molecule has 2 N–H and O–H groups in total. The molecule has 1 saturated heterocycles. The predicted molar refractivity (Wildman–Crippen MR) is 117 cm³/mol. The van der Waals surface area contributed by atoms with E-state index >= 15 is 0 Å². The van der Waals surface area contributed by atoms with Crippen molar-refractivity contribution in [1.29, 1.82) is 0 Å². The summed E-state index contributed by atoms with van der Waals surface area (Å²) >= 11 is 0. The molecule has 0 radical (unpaired) electrons. The second-order valence-electron chi connectivity index (χ2n) is 7.53. The minimum atomic E-state index is -0.0653. The highest BCUT2D eigenvalue weighted by Crippen LogP contribution is 2.31. The summed E-state index contributed by atoms with van der Waals surface area (Å²) in [6, 6.07) is 16.9. The maximum absolute atomic E-state index is 12.2. The summed E-state index contributed by atoms with van der Waals surface area (Å²) < 4.78 is 0. The van der Waals surface area contributed by atoms with E-state index in [9.17, 15) is 4.79 Å². The zero-order chi connectivity index (χ0) is 19.5. The summed E-state index contributed by atoms with van der Waals surface area (Å²) in [6.07, 6.45) is 3.00. The highest BCUT2D eigenvalue weighted by atomic mass is 16.2. The van der Waals surface area contributed by atoms with Gasteiger partial charge in [-0.2, -0.15) is 0 Å². The molecule has 0 bridgehead atoms.